The molecule has 4 nitrogen and oxygen atoms in total. The number of hydrogen-bond acceptors (Lipinski definition) is 3. The van der Waals surface area contributed by atoms with Crippen LogP contribution < -0.4 is 0 Å². The van der Waals surface area contributed by atoms with Crippen molar-refractivity contribution in [1.29, 1.82) is 5.26 Å². The molecule has 0 N–H and O–H groups in total. The number of nitriles is 1. The first-order chi connectivity index (χ1) is 6.81. The molecule has 0 aromatic carbocycles. The summed E-state index contributed by atoms with van der Waals surface area (Å²) in [6, 6.07) is 6.98. The monoisotopic (exact) mass is 204 g/mol. The van der Waals surface area contributed by atoms with Gasteiger partial charge in [-0.2, -0.15) is 10.4 Å². The first-order valence-corrected chi connectivity index (χ1v) is 4.26. The fourth-order valence-corrected chi connectivity index (χ4v) is 1.22. The van der Waals surface area contributed by atoms with E-state index in [1.165, 1.54) is 4.68 Å². The second-order valence-corrected chi connectivity index (χ2v) is 2.95. The van der Waals surface area contributed by atoms with Gasteiger partial charge < -0.3 is 0 Å². The van der Waals surface area contributed by atoms with Crippen molar-refractivity contribution < 1.29 is 0 Å². The van der Waals surface area contributed by atoms with Crippen LogP contribution in [-0.2, 0) is 0 Å². The predicted molar refractivity (Wildman–Crippen MR) is 51.1 cm³/mol. The summed E-state index contributed by atoms with van der Waals surface area (Å²) in [5.41, 5.74) is 0.443. The smallest absolute Gasteiger partial charge is 0.172 e. The summed E-state index contributed by atoms with van der Waals surface area (Å²) in [6.07, 6.45) is 3.32. The van der Waals surface area contributed by atoms with Crippen LogP contribution in [0.15, 0.2) is 30.6 Å². The average molecular weight is 205 g/mol. The van der Waals surface area contributed by atoms with Crippen LogP contribution in [-0.4, -0.2) is 14.8 Å². The SMILES string of the molecule is N#Cc1ccc(Cl)nc1-n1cccn1. The molecule has 0 radical (unpaired) electrons. The molecule has 2 aromatic heterocycles. The zero-order chi connectivity index (χ0) is 9.97. The first kappa shape index (κ1) is 8.73. The summed E-state index contributed by atoms with van der Waals surface area (Å²) in [7, 11) is 0. The third-order valence-electron chi connectivity index (χ3n) is 1.68. The zero-order valence-corrected chi connectivity index (χ0v) is 7.81. The van der Waals surface area contributed by atoms with Gasteiger partial charge in [-0.1, -0.05) is 11.6 Å². The lowest BCUT2D eigenvalue weighted by molar-refractivity contribution is 0.843. The Kier molecular flexibility index (Phi) is 2.17. The minimum atomic E-state index is 0.342. The van der Waals surface area contributed by atoms with Crippen LogP contribution in [0.25, 0.3) is 5.82 Å². The summed E-state index contributed by atoms with van der Waals surface area (Å²) in [5, 5.41) is 13.2. The average Bonchev–Trinajstić information content (AvgIpc) is 2.70. The van der Waals surface area contributed by atoms with E-state index in [9.17, 15) is 0 Å². The predicted octanol–water partition coefficient (Wildman–Crippen LogP) is 1.79. The van der Waals surface area contributed by atoms with Crippen molar-refractivity contribution in [3.05, 3.63) is 41.3 Å². The molecular formula is C9H5ClN4. The lowest BCUT2D eigenvalue weighted by Crippen LogP contribution is -2.01. The molecule has 0 spiro atoms. The Morgan fingerprint density at radius 1 is 1.43 bits per heavy atom. The van der Waals surface area contributed by atoms with Gasteiger partial charge in [0.05, 0.1) is 5.56 Å². The molecule has 2 rings (SSSR count). The number of hydrogen-bond donors (Lipinski definition) is 0. The van der Waals surface area contributed by atoms with E-state index in [4.69, 9.17) is 16.9 Å². The molecule has 14 heavy (non-hydrogen) atoms. The lowest BCUT2D eigenvalue weighted by Gasteiger charge is -2.02. The lowest BCUT2D eigenvalue weighted by atomic mass is 10.3. The highest BCUT2D eigenvalue weighted by Gasteiger charge is 2.06. The van der Waals surface area contributed by atoms with Crippen LogP contribution >= 0.6 is 11.6 Å². The second kappa shape index (κ2) is 3.48. The van der Waals surface area contributed by atoms with E-state index >= 15 is 0 Å². The van der Waals surface area contributed by atoms with Crippen LogP contribution in [0.2, 0.25) is 5.15 Å². The van der Waals surface area contributed by atoms with Crippen molar-refractivity contribution in [2.45, 2.75) is 0 Å². The topological polar surface area (TPSA) is 54.5 Å². The number of halogens is 1. The third-order valence-corrected chi connectivity index (χ3v) is 1.89. The minimum Gasteiger partial charge on any atom is -0.221 e. The molecule has 0 bridgehead atoms. The molecule has 0 atom stereocenters. The van der Waals surface area contributed by atoms with Gasteiger partial charge in [-0.25, -0.2) is 9.67 Å². The van der Waals surface area contributed by atoms with Gasteiger partial charge in [0.2, 0.25) is 0 Å². The van der Waals surface area contributed by atoms with E-state index in [-0.39, 0.29) is 0 Å². The van der Waals surface area contributed by atoms with Gasteiger partial charge in [-0.15, -0.1) is 0 Å². The fraction of sp³-hybridized carbons (Fsp3) is 0. The Balaban J connectivity index is 2.63. The van der Waals surface area contributed by atoms with Crippen molar-refractivity contribution in [3.63, 3.8) is 0 Å². The summed E-state index contributed by atoms with van der Waals surface area (Å²) in [4.78, 5) is 4.03. The Hall–Kier alpha value is -1.86. The number of rotatable bonds is 1. The molecule has 2 heterocycles. The molecular weight excluding hydrogens is 200 g/mol. The van der Waals surface area contributed by atoms with E-state index in [0.717, 1.165) is 0 Å². The van der Waals surface area contributed by atoms with Gasteiger partial charge in [0.25, 0.3) is 0 Å². The van der Waals surface area contributed by atoms with Gasteiger partial charge in [0.1, 0.15) is 11.2 Å². The highest BCUT2D eigenvalue weighted by atomic mass is 35.5. The zero-order valence-electron chi connectivity index (χ0n) is 7.05. The molecule has 0 aliphatic heterocycles. The van der Waals surface area contributed by atoms with Crippen LogP contribution in [0.3, 0.4) is 0 Å². The second-order valence-electron chi connectivity index (χ2n) is 2.57. The molecule has 0 unspecified atom stereocenters. The number of pyridine rings is 1. The minimum absolute atomic E-state index is 0.342. The highest BCUT2D eigenvalue weighted by Crippen LogP contribution is 2.13. The van der Waals surface area contributed by atoms with Crippen LogP contribution in [0.5, 0.6) is 0 Å². The van der Waals surface area contributed by atoms with E-state index < -0.39 is 0 Å². The van der Waals surface area contributed by atoms with Crippen molar-refractivity contribution >= 4 is 11.6 Å². The van der Waals surface area contributed by atoms with Gasteiger partial charge in [0, 0.05) is 12.4 Å². The Bertz CT molecular complexity index is 484. The van der Waals surface area contributed by atoms with Crippen molar-refractivity contribution in [1.82, 2.24) is 14.8 Å². The van der Waals surface area contributed by atoms with E-state index in [1.54, 1.807) is 30.6 Å². The van der Waals surface area contributed by atoms with E-state index in [2.05, 4.69) is 10.1 Å². The fourth-order valence-electron chi connectivity index (χ4n) is 1.08. The molecule has 0 saturated carbocycles. The Morgan fingerprint density at radius 3 is 2.93 bits per heavy atom. The Morgan fingerprint density at radius 2 is 2.29 bits per heavy atom. The molecule has 5 heteroatoms. The molecule has 0 amide bonds. The van der Waals surface area contributed by atoms with Crippen molar-refractivity contribution in [2.24, 2.45) is 0 Å². The standard InChI is InChI=1S/C9H5ClN4/c10-8-3-2-7(6-11)9(13-8)14-5-1-4-12-14/h1-5H. The van der Waals surface area contributed by atoms with Gasteiger partial charge in [-0.05, 0) is 18.2 Å². The van der Waals surface area contributed by atoms with Gasteiger partial charge in [-0.3, -0.25) is 0 Å². The molecule has 0 aliphatic carbocycles. The summed E-state index contributed by atoms with van der Waals surface area (Å²) < 4.78 is 1.50. The Labute approximate surface area is 85.4 Å². The first-order valence-electron chi connectivity index (χ1n) is 3.88. The van der Waals surface area contributed by atoms with Crippen molar-refractivity contribution in [2.75, 3.05) is 0 Å². The summed E-state index contributed by atoms with van der Waals surface area (Å²) in [5.74, 6) is 0.449. The highest BCUT2D eigenvalue weighted by molar-refractivity contribution is 6.29. The molecule has 0 aliphatic rings. The normalized spacial score (nSPS) is 9.71. The van der Waals surface area contributed by atoms with Crippen LogP contribution in [0.4, 0.5) is 0 Å². The number of nitrogens with zero attached hydrogens (tertiary/aromatic N) is 4. The van der Waals surface area contributed by atoms with Crippen LogP contribution in [0, 0.1) is 11.3 Å². The molecule has 0 fully saturated rings. The molecule has 0 saturated heterocycles. The van der Waals surface area contributed by atoms with Crippen LogP contribution in [0.1, 0.15) is 5.56 Å². The van der Waals surface area contributed by atoms with Gasteiger partial charge >= 0.3 is 0 Å². The maximum atomic E-state index is 8.83. The van der Waals surface area contributed by atoms with Gasteiger partial charge in [0.15, 0.2) is 5.82 Å². The summed E-state index contributed by atoms with van der Waals surface area (Å²) in [6.45, 7) is 0. The largest absolute Gasteiger partial charge is 0.221 e. The maximum absolute atomic E-state index is 8.83. The number of aromatic nitrogens is 3. The molecule has 68 valence electrons. The maximum Gasteiger partial charge on any atom is 0.172 e. The van der Waals surface area contributed by atoms with E-state index in [1.807, 2.05) is 6.07 Å². The summed E-state index contributed by atoms with van der Waals surface area (Å²) >= 11 is 5.73. The molecule has 2 aromatic rings. The third kappa shape index (κ3) is 1.45. The van der Waals surface area contributed by atoms with Crippen molar-refractivity contribution in [3.8, 4) is 11.9 Å². The van der Waals surface area contributed by atoms with E-state index in [0.29, 0.717) is 16.5 Å². The quantitative estimate of drug-likeness (QED) is 0.666.